The molecule has 0 amide bonds. The number of rotatable bonds is 5. The van der Waals surface area contributed by atoms with Crippen molar-refractivity contribution in [2.24, 2.45) is 0 Å². The number of imidazole rings is 1. The number of benzene rings is 1. The van der Waals surface area contributed by atoms with Gasteiger partial charge in [-0.3, -0.25) is 0 Å². The Morgan fingerprint density at radius 2 is 2.22 bits per heavy atom. The van der Waals surface area contributed by atoms with Crippen molar-refractivity contribution in [1.82, 2.24) is 9.55 Å². The van der Waals surface area contributed by atoms with Crippen molar-refractivity contribution in [3.05, 3.63) is 47.8 Å². The van der Waals surface area contributed by atoms with Crippen LogP contribution in [0.2, 0.25) is 0 Å². The molecular weight excluding hydrogens is 229 g/mol. The van der Waals surface area contributed by atoms with E-state index in [0.29, 0.717) is 6.54 Å². The van der Waals surface area contributed by atoms with Gasteiger partial charge in [-0.2, -0.15) is 0 Å². The molecule has 1 aromatic heterocycles. The molecule has 0 fully saturated rings. The van der Waals surface area contributed by atoms with Crippen LogP contribution in [-0.2, 0) is 13.1 Å². The van der Waals surface area contributed by atoms with Crippen LogP contribution in [-0.4, -0.2) is 9.55 Å². The smallest absolute Gasteiger partial charge is 0.128 e. The maximum atomic E-state index is 13.2. The molecule has 1 aromatic carbocycles. The standard InChI is InChI=1S/C14H18FN3/c1-3-7-18-8-6-16-14(18)10-17-13-9-12(15)5-4-11(13)2/h4-6,8-9,17H,3,7,10H2,1-2H3. The molecule has 0 saturated carbocycles. The molecule has 3 nitrogen and oxygen atoms in total. The zero-order valence-corrected chi connectivity index (χ0v) is 10.8. The Bertz CT molecular complexity index is 520. The lowest BCUT2D eigenvalue weighted by molar-refractivity contribution is 0.627. The first kappa shape index (κ1) is 12.6. The van der Waals surface area contributed by atoms with Gasteiger partial charge in [-0.25, -0.2) is 9.37 Å². The lowest BCUT2D eigenvalue weighted by Crippen LogP contribution is -2.09. The summed E-state index contributed by atoms with van der Waals surface area (Å²) in [6.07, 6.45) is 4.84. The van der Waals surface area contributed by atoms with E-state index < -0.39 is 0 Å². The van der Waals surface area contributed by atoms with Crippen LogP contribution in [0.5, 0.6) is 0 Å². The second kappa shape index (κ2) is 5.67. The Morgan fingerprint density at radius 3 is 3.00 bits per heavy atom. The fraction of sp³-hybridized carbons (Fsp3) is 0.357. The molecule has 18 heavy (non-hydrogen) atoms. The van der Waals surface area contributed by atoms with Crippen molar-refractivity contribution in [2.45, 2.75) is 33.4 Å². The molecule has 96 valence electrons. The van der Waals surface area contributed by atoms with E-state index in [0.717, 1.165) is 30.0 Å². The third-order valence-corrected chi connectivity index (χ3v) is 2.90. The number of nitrogens with zero attached hydrogens (tertiary/aromatic N) is 2. The fourth-order valence-electron chi connectivity index (χ4n) is 1.91. The van der Waals surface area contributed by atoms with Gasteiger partial charge in [0.1, 0.15) is 11.6 Å². The minimum Gasteiger partial charge on any atom is -0.378 e. The topological polar surface area (TPSA) is 29.9 Å². The van der Waals surface area contributed by atoms with Gasteiger partial charge >= 0.3 is 0 Å². The monoisotopic (exact) mass is 247 g/mol. The van der Waals surface area contributed by atoms with E-state index in [-0.39, 0.29) is 5.82 Å². The average Bonchev–Trinajstić information content (AvgIpc) is 2.78. The lowest BCUT2D eigenvalue weighted by atomic mass is 10.2. The first-order chi connectivity index (χ1) is 8.70. The number of hydrogen-bond acceptors (Lipinski definition) is 2. The van der Waals surface area contributed by atoms with Crippen molar-refractivity contribution in [1.29, 1.82) is 0 Å². The summed E-state index contributed by atoms with van der Waals surface area (Å²) in [4.78, 5) is 4.31. The lowest BCUT2D eigenvalue weighted by Gasteiger charge is -2.11. The van der Waals surface area contributed by atoms with Gasteiger partial charge in [0.2, 0.25) is 0 Å². The molecule has 4 heteroatoms. The van der Waals surface area contributed by atoms with Gasteiger partial charge in [-0.15, -0.1) is 0 Å². The third-order valence-electron chi connectivity index (χ3n) is 2.90. The quantitative estimate of drug-likeness (QED) is 0.878. The summed E-state index contributed by atoms with van der Waals surface area (Å²) in [5.74, 6) is 0.750. The van der Waals surface area contributed by atoms with Crippen LogP contribution in [0, 0.1) is 12.7 Å². The molecule has 0 aliphatic carbocycles. The van der Waals surface area contributed by atoms with Crippen LogP contribution >= 0.6 is 0 Å². The summed E-state index contributed by atoms with van der Waals surface area (Å²) in [7, 11) is 0. The Kier molecular flexibility index (Phi) is 3.97. The van der Waals surface area contributed by atoms with Crippen molar-refractivity contribution in [2.75, 3.05) is 5.32 Å². The van der Waals surface area contributed by atoms with E-state index in [1.807, 2.05) is 13.1 Å². The number of hydrogen-bond donors (Lipinski definition) is 1. The Labute approximate surface area is 107 Å². The molecule has 1 N–H and O–H groups in total. The predicted molar refractivity (Wildman–Crippen MR) is 71.0 cm³/mol. The highest BCUT2D eigenvalue weighted by Crippen LogP contribution is 2.16. The second-order valence-corrected chi connectivity index (χ2v) is 4.35. The summed E-state index contributed by atoms with van der Waals surface area (Å²) in [5, 5.41) is 3.23. The molecule has 1 heterocycles. The number of nitrogens with one attached hydrogen (secondary N) is 1. The molecule has 0 spiro atoms. The van der Waals surface area contributed by atoms with E-state index in [1.54, 1.807) is 12.3 Å². The number of anilines is 1. The SMILES string of the molecule is CCCn1ccnc1CNc1cc(F)ccc1C. The van der Waals surface area contributed by atoms with Gasteiger partial charge in [0.05, 0.1) is 6.54 Å². The minimum absolute atomic E-state index is 0.222. The molecule has 0 bridgehead atoms. The van der Waals surface area contributed by atoms with E-state index in [2.05, 4.69) is 21.8 Å². The van der Waals surface area contributed by atoms with E-state index in [9.17, 15) is 4.39 Å². The van der Waals surface area contributed by atoms with Gasteiger partial charge in [0.15, 0.2) is 0 Å². The predicted octanol–water partition coefficient (Wildman–Crippen LogP) is 3.35. The van der Waals surface area contributed by atoms with Gasteiger partial charge in [0, 0.05) is 24.6 Å². The zero-order valence-electron chi connectivity index (χ0n) is 10.8. The Hall–Kier alpha value is -1.84. The van der Waals surface area contributed by atoms with Crippen molar-refractivity contribution in [3.8, 4) is 0 Å². The van der Waals surface area contributed by atoms with Crippen LogP contribution in [0.25, 0.3) is 0 Å². The first-order valence-corrected chi connectivity index (χ1v) is 6.20. The van der Waals surface area contributed by atoms with Gasteiger partial charge in [0.25, 0.3) is 0 Å². The number of halogens is 1. The Balaban J connectivity index is 2.06. The van der Waals surface area contributed by atoms with Crippen LogP contribution in [0.4, 0.5) is 10.1 Å². The van der Waals surface area contributed by atoms with E-state index in [4.69, 9.17) is 0 Å². The fourth-order valence-corrected chi connectivity index (χ4v) is 1.91. The summed E-state index contributed by atoms with van der Waals surface area (Å²) >= 11 is 0. The molecule has 0 atom stereocenters. The average molecular weight is 247 g/mol. The maximum absolute atomic E-state index is 13.2. The number of aromatic nitrogens is 2. The summed E-state index contributed by atoms with van der Waals surface area (Å²) < 4.78 is 15.3. The second-order valence-electron chi connectivity index (χ2n) is 4.35. The van der Waals surface area contributed by atoms with Crippen molar-refractivity contribution in [3.63, 3.8) is 0 Å². The first-order valence-electron chi connectivity index (χ1n) is 6.20. The highest BCUT2D eigenvalue weighted by molar-refractivity contribution is 5.50. The molecule has 0 unspecified atom stereocenters. The van der Waals surface area contributed by atoms with Crippen LogP contribution in [0.15, 0.2) is 30.6 Å². The van der Waals surface area contributed by atoms with Gasteiger partial charge in [-0.05, 0) is 31.0 Å². The van der Waals surface area contributed by atoms with Crippen LogP contribution in [0.3, 0.4) is 0 Å². The molecule has 0 aliphatic heterocycles. The normalized spacial score (nSPS) is 10.6. The minimum atomic E-state index is -0.222. The maximum Gasteiger partial charge on any atom is 0.128 e. The van der Waals surface area contributed by atoms with Crippen LogP contribution in [0.1, 0.15) is 24.7 Å². The number of aryl methyl sites for hydroxylation is 2. The molecule has 2 rings (SSSR count). The van der Waals surface area contributed by atoms with Crippen LogP contribution < -0.4 is 5.32 Å². The highest BCUT2D eigenvalue weighted by Gasteiger charge is 2.04. The molecule has 0 saturated heterocycles. The molecule has 0 aliphatic rings. The molecule has 0 radical (unpaired) electrons. The third kappa shape index (κ3) is 2.88. The zero-order chi connectivity index (χ0) is 13.0. The summed E-state index contributed by atoms with van der Waals surface area (Å²) in [5.41, 5.74) is 1.85. The van der Waals surface area contributed by atoms with Crippen molar-refractivity contribution >= 4 is 5.69 Å². The molecular formula is C14H18FN3. The van der Waals surface area contributed by atoms with Gasteiger partial charge < -0.3 is 9.88 Å². The van der Waals surface area contributed by atoms with E-state index >= 15 is 0 Å². The Morgan fingerprint density at radius 1 is 1.39 bits per heavy atom. The molecule has 2 aromatic rings. The summed E-state index contributed by atoms with van der Waals surface area (Å²) in [6.45, 7) is 5.66. The van der Waals surface area contributed by atoms with E-state index in [1.165, 1.54) is 12.1 Å². The highest BCUT2D eigenvalue weighted by atomic mass is 19.1. The van der Waals surface area contributed by atoms with Gasteiger partial charge in [-0.1, -0.05) is 13.0 Å². The largest absolute Gasteiger partial charge is 0.378 e. The van der Waals surface area contributed by atoms with Crippen molar-refractivity contribution < 1.29 is 4.39 Å². The summed E-state index contributed by atoms with van der Waals surface area (Å²) in [6, 6.07) is 4.76.